The van der Waals surface area contributed by atoms with E-state index in [1.165, 1.54) is 5.56 Å². The first kappa shape index (κ1) is 15.9. The molecule has 0 aliphatic rings. The largest absolute Gasteiger partial charge is 0.493 e. The maximum Gasteiger partial charge on any atom is 0.133 e. The summed E-state index contributed by atoms with van der Waals surface area (Å²) in [6.45, 7) is 3.87. The smallest absolute Gasteiger partial charge is 0.133 e. The van der Waals surface area contributed by atoms with Crippen molar-refractivity contribution in [1.29, 1.82) is 0 Å². The monoisotopic (exact) mass is 349 g/mol. The second-order valence-electron chi connectivity index (χ2n) is 4.83. The molecule has 2 aromatic carbocycles. The number of benzene rings is 2. The fourth-order valence-electron chi connectivity index (χ4n) is 1.88. The maximum atomic E-state index is 5.72. The van der Waals surface area contributed by atoms with E-state index in [1.54, 1.807) is 0 Å². The van der Waals surface area contributed by atoms with Gasteiger partial charge in [0.1, 0.15) is 11.5 Å². The Kier molecular flexibility index (Phi) is 6.08. The molecule has 2 N–H and O–H groups in total. The second-order valence-corrected chi connectivity index (χ2v) is 5.69. The van der Waals surface area contributed by atoms with Gasteiger partial charge in [0.05, 0.1) is 17.7 Å². The van der Waals surface area contributed by atoms with Crippen LogP contribution in [0.15, 0.2) is 46.9 Å². The Morgan fingerprint density at radius 3 is 2.38 bits per heavy atom. The minimum atomic E-state index is 0.555. The third-order valence-corrected chi connectivity index (χ3v) is 3.68. The average molecular weight is 350 g/mol. The lowest BCUT2D eigenvalue weighted by Gasteiger charge is -2.10. The van der Waals surface area contributed by atoms with Gasteiger partial charge >= 0.3 is 0 Å². The number of rotatable bonds is 7. The summed E-state index contributed by atoms with van der Waals surface area (Å²) in [5.74, 6) is 1.73. The van der Waals surface area contributed by atoms with Crippen LogP contribution in [-0.2, 0) is 6.54 Å². The normalized spacial score (nSPS) is 10.4. The van der Waals surface area contributed by atoms with Crippen LogP contribution in [0.25, 0.3) is 0 Å². The van der Waals surface area contributed by atoms with E-state index >= 15 is 0 Å². The topological polar surface area (TPSA) is 44.5 Å². The van der Waals surface area contributed by atoms with Gasteiger partial charge in [-0.1, -0.05) is 18.2 Å². The molecule has 0 amide bonds. The van der Waals surface area contributed by atoms with E-state index in [0.29, 0.717) is 19.8 Å². The van der Waals surface area contributed by atoms with Crippen molar-refractivity contribution in [2.75, 3.05) is 13.2 Å². The predicted octanol–water partition coefficient (Wildman–Crippen LogP) is 4.06. The highest BCUT2D eigenvalue weighted by molar-refractivity contribution is 9.10. The Bertz CT molecular complexity index is 570. The summed E-state index contributed by atoms with van der Waals surface area (Å²) in [4.78, 5) is 0. The Morgan fingerprint density at radius 2 is 1.71 bits per heavy atom. The highest BCUT2D eigenvalue weighted by Crippen LogP contribution is 2.25. The summed E-state index contributed by atoms with van der Waals surface area (Å²) in [6.07, 6.45) is 0.832. The zero-order chi connectivity index (χ0) is 15.1. The zero-order valence-electron chi connectivity index (χ0n) is 12.1. The van der Waals surface area contributed by atoms with Crippen molar-refractivity contribution < 1.29 is 9.47 Å². The number of halogens is 1. The van der Waals surface area contributed by atoms with E-state index in [4.69, 9.17) is 15.2 Å². The highest BCUT2D eigenvalue weighted by Gasteiger charge is 2.01. The zero-order valence-corrected chi connectivity index (χ0v) is 13.7. The third-order valence-electron chi connectivity index (χ3n) is 3.06. The minimum absolute atomic E-state index is 0.555. The summed E-state index contributed by atoms with van der Waals surface area (Å²) in [6, 6.07) is 13.9. The van der Waals surface area contributed by atoms with E-state index in [1.807, 2.05) is 42.5 Å². The van der Waals surface area contributed by atoms with Crippen molar-refractivity contribution >= 4 is 15.9 Å². The fraction of sp³-hybridized carbons (Fsp3) is 0.294. The van der Waals surface area contributed by atoms with Gasteiger partial charge in [-0.3, -0.25) is 0 Å². The molecule has 2 rings (SSSR count). The van der Waals surface area contributed by atoms with E-state index in [0.717, 1.165) is 28.0 Å². The van der Waals surface area contributed by atoms with Crippen molar-refractivity contribution in [3.63, 3.8) is 0 Å². The summed E-state index contributed by atoms with van der Waals surface area (Å²) in [5, 5.41) is 0. The van der Waals surface area contributed by atoms with Crippen molar-refractivity contribution in [3.8, 4) is 11.5 Å². The molecule has 4 heteroatoms. The number of hydrogen-bond acceptors (Lipinski definition) is 3. The van der Waals surface area contributed by atoms with Crippen molar-refractivity contribution in [3.05, 3.63) is 58.1 Å². The van der Waals surface area contributed by atoms with Gasteiger partial charge in [0.2, 0.25) is 0 Å². The van der Waals surface area contributed by atoms with Gasteiger partial charge < -0.3 is 15.2 Å². The van der Waals surface area contributed by atoms with E-state index in [-0.39, 0.29) is 0 Å². The lowest BCUT2D eigenvalue weighted by atomic mass is 10.2. The van der Waals surface area contributed by atoms with Gasteiger partial charge in [-0.15, -0.1) is 0 Å². The molecule has 0 atom stereocenters. The highest BCUT2D eigenvalue weighted by atomic mass is 79.9. The van der Waals surface area contributed by atoms with Crippen LogP contribution in [0.4, 0.5) is 0 Å². The Labute approximate surface area is 134 Å². The molecular formula is C17H20BrNO2. The van der Waals surface area contributed by atoms with Gasteiger partial charge in [0.25, 0.3) is 0 Å². The van der Waals surface area contributed by atoms with Crippen LogP contribution in [0.3, 0.4) is 0 Å². The van der Waals surface area contributed by atoms with Crippen LogP contribution in [0.2, 0.25) is 0 Å². The molecule has 0 aromatic heterocycles. The van der Waals surface area contributed by atoms with Crippen LogP contribution < -0.4 is 15.2 Å². The Morgan fingerprint density at radius 1 is 1.00 bits per heavy atom. The van der Waals surface area contributed by atoms with Crippen molar-refractivity contribution in [2.24, 2.45) is 5.73 Å². The van der Waals surface area contributed by atoms with Crippen molar-refractivity contribution in [1.82, 2.24) is 0 Å². The molecule has 0 saturated heterocycles. The minimum Gasteiger partial charge on any atom is -0.493 e. The molecule has 21 heavy (non-hydrogen) atoms. The molecule has 0 saturated carbocycles. The molecule has 2 aromatic rings. The van der Waals surface area contributed by atoms with Gasteiger partial charge in [-0.05, 0) is 58.2 Å². The number of aryl methyl sites for hydroxylation is 1. The molecule has 3 nitrogen and oxygen atoms in total. The summed E-state index contributed by atoms with van der Waals surface area (Å²) >= 11 is 3.50. The molecular weight excluding hydrogens is 330 g/mol. The number of ether oxygens (including phenoxy) is 2. The van der Waals surface area contributed by atoms with Crippen LogP contribution in [-0.4, -0.2) is 13.2 Å². The molecule has 0 spiro atoms. The quantitative estimate of drug-likeness (QED) is 0.766. The van der Waals surface area contributed by atoms with Gasteiger partial charge in [0, 0.05) is 13.0 Å². The number of nitrogens with two attached hydrogens (primary N) is 1. The van der Waals surface area contributed by atoms with E-state index in [2.05, 4.69) is 22.9 Å². The third kappa shape index (κ3) is 5.06. The first-order valence-corrected chi connectivity index (χ1v) is 7.79. The van der Waals surface area contributed by atoms with Gasteiger partial charge in [0.15, 0.2) is 0 Å². The summed E-state index contributed by atoms with van der Waals surface area (Å²) in [7, 11) is 0. The predicted molar refractivity (Wildman–Crippen MR) is 88.8 cm³/mol. The molecule has 0 aliphatic carbocycles. The first-order chi connectivity index (χ1) is 10.2. The second kappa shape index (κ2) is 8.05. The fourth-order valence-corrected chi connectivity index (χ4v) is 2.48. The van der Waals surface area contributed by atoms with Crippen LogP contribution in [0, 0.1) is 6.92 Å². The maximum absolute atomic E-state index is 5.72. The van der Waals surface area contributed by atoms with E-state index in [9.17, 15) is 0 Å². The summed E-state index contributed by atoms with van der Waals surface area (Å²) in [5.41, 5.74) is 7.87. The summed E-state index contributed by atoms with van der Waals surface area (Å²) < 4.78 is 12.4. The van der Waals surface area contributed by atoms with Crippen LogP contribution >= 0.6 is 15.9 Å². The molecule has 112 valence electrons. The van der Waals surface area contributed by atoms with Crippen molar-refractivity contribution in [2.45, 2.75) is 19.9 Å². The van der Waals surface area contributed by atoms with Crippen LogP contribution in [0.1, 0.15) is 17.5 Å². The molecule has 0 bridgehead atoms. The lowest BCUT2D eigenvalue weighted by Crippen LogP contribution is -2.05. The first-order valence-electron chi connectivity index (χ1n) is 7.00. The number of hydrogen-bond donors (Lipinski definition) is 1. The van der Waals surface area contributed by atoms with E-state index < -0.39 is 0 Å². The SMILES string of the molecule is Cc1ccc(OCCCOc2ccc(CN)cc2)c(Br)c1. The Hall–Kier alpha value is -1.52. The molecule has 0 heterocycles. The standard InChI is InChI=1S/C17H20BrNO2/c1-13-3-8-17(16(18)11-13)21-10-2-9-20-15-6-4-14(12-19)5-7-15/h3-8,11H,2,9-10,12,19H2,1H3. The molecule has 0 unspecified atom stereocenters. The molecule has 0 aliphatic heterocycles. The molecule has 0 fully saturated rings. The average Bonchev–Trinajstić information content (AvgIpc) is 2.49. The van der Waals surface area contributed by atoms with Crippen LogP contribution in [0.5, 0.6) is 11.5 Å². The van der Waals surface area contributed by atoms with Gasteiger partial charge in [-0.25, -0.2) is 0 Å². The molecule has 0 radical (unpaired) electrons. The lowest BCUT2D eigenvalue weighted by molar-refractivity contribution is 0.246. The Balaban J connectivity index is 1.69. The van der Waals surface area contributed by atoms with Gasteiger partial charge in [-0.2, -0.15) is 0 Å².